The number of Topliss-reactive ketones (excluding diaryl/α,β-unsaturated/α-hetero) is 1. The molecule has 0 radical (unpaired) electrons. The lowest BCUT2D eigenvalue weighted by atomic mass is 9.48. The number of ketones is 1. The van der Waals surface area contributed by atoms with Gasteiger partial charge in [-0.3, -0.25) is 9.69 Å². The maximum atomic E-state index is 13.2. The quantitative estimate of drug-likeness (QED) is 0.801. The molecule has 4 aliphatic carbocycles. The normalized spacial score (nSPS) is 46.9. The molecule has 0 aromatic rings. The summed E-state index contributed by atoms with van der Waals surface area (Å²) >= 11 is 0. The molecule has 0 amide bonds. The third-order valence-corrected chi connectivity index (χ3v) is 6.64. The van der Waals surface area contributed by atoms with Crippen molar-refractivity contribution in [1.29, 1.82) is 0 Å². The van der Waals surface area contributed by atoms with E-state index in [1.807, 2.05) is 0 Å². The van der Waals surface area contributed by atoms with E-state index in [9.17, 15) is 4.79 Å². The van der Waals surface area contributed by atoms with Crippen LogP contribution < -0.4 is 0 Å². The number of ether oxygens (including phenoxy) is 1. The zero-order chi connectivity index (χ0) is 15.5. The van der Waals surface area contributed by atoms with E-state index >= 15 is 0 Å². The summed E-state index contributed by atoms with van der Waals surface area (Å²) in [5.74, 6) is 3.12. The molecule has 4 saturated carbocycles. The lowest BCUT2D eigenvalue weighted by Gasteiger charge is -2.56. The lowest BCUT2D eigenvalue weighted by molar-refractivity contribution is -0.154. The van der Waals surface area contributed by atoms with E-state index in [1.54, 1.807) is 0 Å². The van der Waals surface area contributed by atoms with Gasteiger partial charge >= 0.3 is 0 Å². The molecule has 1 heterocycles. The number of hydrogen-bond acceptors (Lipinski definition) is 3. The smallest absolute Gasteiger partial charge is 0.152 e. The Hall–Kier alpha value is -0.410. The Morgan fingerprint density at radius 2 is 1.64 bits per heavy atom. The van der Waals surface area contributed by atoms with E-state index in [1.165, 1.54) is 38.5 Å². The summed E-state index contributed by atoms with van der Waals surface area (Å²) in [6, 6.07) is 0. The molecule has 124 valence electrons. The first-order chi connectivity index (χ1) is 10.3. The van der Waals surface area contributed by atoms with Gasteiger partial charge in [0.25, 0.3) is 0 Å². The van der Waals surface area contributed by atoms with Gasteiger partial charge in [-0.2, -0.15) is 0 Å². The van der Waals surface area contributed by atoms with Gasteiger partial charge in [-0.1, -0.05) is 0 Å². The molecular weight excluding hydrogens is 274 g/mol. The Morgan fingerprint density at radius 1 is 1.09 bits per heavy atom. The summed E-state index contributed by atoms with van der Waals surface area (Å²) in [5, 5.41) is 0. The summed E-state index contributed by atoms with van der Waals surface area (Å²) in [7, 11) is 0. The summed E-state index contributed by atoms with van der Waals surface area (Å²) < 4.78 is 5.98. The fraction of sp³-hybridized carbons (Fsp3) is 0.947. The summed E-state index contributed by atoms with van der Waals surface area (Å²) in [6.45, 7) is 8.86. The van der Waals surface area contributed by atoms with Crippen LogP contribution in [0.15, 0.2) is 0 Å². The summed E-state index contributed by atoms with van der Waals surface area (Å²) in [6.07, 6.45) is 8.05. The van der Waals surface area contributed by atoms with Crippen molar-refractivity contribution in [3.8, 4) is 0 Å². The Labute approximate surface area is 134 Å². The van der Waals surface area contributed by atoms with E-state index in [0.29, 0.717) is 12.3 Å². The Balaban J connectivity index is 1.46. The second kappa shape index (κ2) is 5.04. The third kappa shape index (κ3) is 2.65. The topological polar surface area (TPSA) is 29.5 Å². The molecule has 5 aliphatic rings. The van der Waals surface area contributed by atoms with Gasteiger partial charge in [0.15, 0.2) is 5.78 Å². The van der Waals surface area contributed by atoms with Crippen molar-refractivity contribution in [3.63, 3.8) is 0 Å². The number of carbonyl (C=O) groups excluding carboxylic acids is 1. The van der Waals surface area contributed by atoms with Crippen molar-refractivity contribution in [3.05, 3.63) is 0 Å². The minimum Gasteiger partial charge on any atom is -0.370 e. The highest BCUT2D eigenvalue weighted by Gasteiger charge is 2.54. The number of hydrogen-bond donors (Lipinski definition) is 0. The first-order valence-electron chi connectivity index (χ1n) is 9.27. The predicted octanol–water partition coefficient (Wildman–Crippen LogP) is 3.27. The number of rotatable bonds is 3. The monoisotopic (exact) mass is 305 g/mol. The second-order valence-electron chi connectivity index (χ2n) is 9.48. The van der Waals surface area contributed by atoms with Crippen LogP contribution in [-0.2, 0) is 9.53 Å². The molecule has 4 bridgehead atoms. The average Bonchev–Trinajstić information content (AvgIpc) is 2.34. The van der Waals surface area contributed by atoms with Crippen LogP contribution >= 0.6 is 0 Å². The van der Waals surface area contributed by atoms with Gasteiger partial charge in [0, 0.05) is 18.5 Å². The molecule has 3 nitrogen and oxygen atoms in total. The van der Waals surface area contributed by atoms with Gasteiger partial charge < -0.3 is 4.74 Å². The van der Waals surface area contributed by atoms with E-state index in [4.69, 9.17) is 4.74 Å². The molecule has 1 saturated heterocycles. The summed E-state index contributed by atoms with van der Waals surface area (Å²) in [5.41, 5.74) is -0.0696. The number of carbonyl (C=O) groups is 1. The first kappa shape index (κ1) is 15.1. The summed E-state index contributed by atoms with van der Waals surface area (Å²) in [4.78, 5) is 15.6. The fourth-order valence-corrected chi connectivity index (χ4v) is 6.53. The maximum Gasteiger partial charge on any atom is 0.152 e. The van der Waals surface area contributed by atoms with Crippen molar-refractivity contribution in [2.45, 2.75) is 71.0 Å². The molecule has 0 aromatic heterocycles. The van der Waals surface area contributed by atoms with Gasteiger partial charge in [-0.15, -0.1) is 0 Å². The zero-order valence-electron chi connectivity index (χ0n) is 14.4. The molecule has 22 heavy (non-hydrogen) atoms. The minimum absolute atomic E-state index is 0.0560. The Bertz CT molecular complexity index is 435. The molecule has 1 atom stereocenters. The van der Waals surface area contributed by atoms with Gasteiger partial charge in [0.2, 0.25) is 0 Å². The molecular formula is C19H31NO2. The van der Waals surface area contributed by atoms with E-state index in [2.05, 4.69) is 25.7 Å². The molecule has 1 aliphatic heterocycles. The molecule has 5 rings (SSSR count). The molecule has 3 heteroatoms. The van der Waals surface area contributed by atoms with Crippen LogP contribution in [0.2, 0.25) is 0 Å². The molecule has 1 unspecified atom stereocenters. The first-order valence-corrected chi connectivity index (χ1v) is 9.27. The van der Waals surface area contributed by atoms with Gasteiger partial charge in [0.05, 0.1) is 18.2 Å². The van der Waals surface area contributed by atoms with Crippen LogP contribution in [0, 0.1) is 23.2 Å². The zero-order valence-corrected chi connectivity index (χ0v) is 14.4. The van der Waals surface area contributed by atoms with Crippen molar-refractivity contribution in [1.82, 2.24) is 4.90 Å². The van der Waals surface area contributed by atoms with Crippen LogP contribution in [0.1, 0.15) is 59.3 Å². The van der Waals surface area contributed by atoms with E-state index < -0.39 is 0 Å². The van der Waals surface area contributed by atoms with Crippen LogP contribution in [-0.4, -0.2) is 42.0 Å². The lowest BCUT2D eigenvalue weighted by Crippen LogP contribution is -2.56. The van der Waals surface area contributed by atoms with Crippen LogP contribution in [0.3, 0.4) is 0 Å². The van der Waals surface area contributed by atoms with Gasteiger partial charge in [-0.05, 0) is 77.0 Å². The van der Waals surface area contributed by atoms with Crippen molar-refractivity contribution in [2.24, 2.45) is 23.2 Å². The van der Waals surface area contributed by atoms with Crippen LogP contribution in [0.25, 0.3) is 0 Å². The van der Waals surface area contributed by atoms with Gasteiger partial charge in [0.1, 0.15) is 0 Å². The van der Waals surface area contributed by atoms with Crippen molar-refractivity contribution < 1.29 is 9.53 Å². The van der Waals surface area contributed by atoms with Crippen molar-refractivity contribution >= 4 is 5.78 Å². The van der Waals surface area contributed by atoms with Crippen molar-refractivity contribution in [2.75, 3.05) is 19.6 Å². The Kier molecular flexibility index (Phi) is 3.47. The molecule has 0 N–H and O–H groups in total. The van der Waals surface area contributed by atoms with Crippen LogP contribution in [0.4, 0.5) is 0 Å². The Morgan fingerprint density at radius 3 is 2.14 bits per heavy atom. The molecule has 0 spiro atoms. The largest absolute Gasteiger partial charge is 0.370 e. The standard InChI is InChI=1S/C19H31NO2/c1-13-10-20(12-18(2,3)22-13)11-17(21)19-7-14-4-15(8-19)6-16(5-14)9-19/h13-16H,4-12H2,1-3H3. The van der Waals surface area contributed by atoms with Crippen LogP contribution in [0.5, 0.6) is 0 Å². The highest BCUT2D eigenvalue weighted by Crippen LogP contribution is 2.60. The minimum atomic E-state index is -0.126. The highest BCUT2D eigenvalue weighted by molar-refractivity contribution is 5.87. The third-order valence-electron chi connectivity index (χ3n) is 6.64. The fourth-order valence-electron chi connectivity index (χ4n) is 6.53. The molecule has 5 fully saturated rings. The predicted molar refractivity (Wildman–Crippen MR) is 86.7 cm³/mol. The SMILES string of the molecule is CC1CN(CC(=O)C23CC4CC(CC(C4)C2)C3)CC(C)(C)O1. The second-order valence-corrected chi connectivity index (χ2v) is 9.48. The van der Waals surface area contributed by atoms with E-state index in [0.717, 1.165) is 30.8 Å². The van der Waals surface area contributed by atoms with Gasteiger partial charge in [-0.25, -0.2) is 0 Å². The highest BCUT2D eigenvalue weighted by atomic mass is 16.5. The van der Waals surface area contributed by atoms with E-state index in [-0.39, 0.29) is 17.1 Å². The molecule has 0 aromatic carbocycles. The maximum absolute atomic E-state index is 13.2. The number of nitrogens with zero attached hydrogens (tertiary/aromatic N) is 1. The number of morpholine rings is 1. The average molecular weight is 305 g/mol.